The molecule has 0 radical (unpaired) electrons. The minimum absolute atomic E-state index is 0.248. The third kappa shape index (κ3) is 1.12. The van der Waals surface area contributed by atoms with E-state index >= 15 is 0 Å². The molecule has 0 aromatic heterocycles. The molecule has 74 valence electrons. The Hall–Kier alpha value is 0.870. The summed E-state index contributed by atoms with van der Waals surface area (Å²) in [6.07, 6.45) is 3.59. The van der Waals surface area contributed by atoms with E-state index in [-0.39, 0.29) is 5.38 Å². The molecule has 4 bridgehead atoms. The molecule has 4 fully saturated rings. The molecule has 4 saturated carbocycles. The second-order valence-electron chi connectivity index (χ2n) is 4.89. The highest BCUT2D eigenvalue weighted by molar-refractivity contribution is 6.26. The third-order valence-electron chi connectivity index (χ3n) is 4.29. The smallest absolute Gasteiger partial charge is 0.0421 e. The summed E-state index contributed by atoms with van der Waals surface area (Å²) in [4.78, 5) is 0. The van der Waals surface area contributed by atoms with Crippen molar-refractivity contribution >= 4 is 34.8 Å². The van der Waals surface area contributed by atoms with Crippen molar-refractivity contribution in [1.82, 2.24) is 0 Å². The fraction of sp³-hybridized carbons (Fsp3) is 1.00. The number of hydrogen-bond donors (Lipinski definition) is 0. The predicted molar refractivity (Wildman–Crippen MR) is 56.7 cm³/mol. The van der Waals surface area contributed by atoms with Crippen LogP contribution in [0.25, 0.3) is 0 Å². The first-order valence-corrected chi connectivity index (χ1v) is 6.41. The van der Waals surface area contributed by atoms with Gasteiger partial charge in [-0.1, -0.05) is 0 Å². The molecule has 0 amide bonds. The summed E-state index contributed by atoms with van der Waals surface area (Å²) in [5.74, 6) is 2.50. The van der Waals surface area contributed by atoms with E-state index in [0.717, 1.165) is 0 Å². The van der Waals surface area contributed by atoms with Gasteiger partial charge in [-0.2, -0.15) is 0 Å². The highest BCUT2D eigenvalue weighted by Crippen LogP contribution is 2.58. The van der Waals surface area contributed by atoms with Gasteiger partial charge in [0.2, 0.25) is 0 Å². The number of alkyl halides is 3. The molecular weight excluding hydrogens is 226 g/mol. The average molecular weight is 240 g/mol. The van der Waals surface area contributed by atoms with Gasteiger partial charge < -0.3 is 0 Å². The molecule has 0 N–H and O–H groups in total. The van der Waals surface area contributed by atoms with E-state index in [9.17, 15) is 0 Å². The molecule has 4 rings (SSSR count). The van der Waals surface area contributed by atoms with Crippen LogP contribution < -0.4 is 0 Å². The number of halogens is 3. The number of hydrogen-bond acceptors (Lipinski definition) is 0. The Labute approximate surface area is 93.9 Å². The first kappa shape index (κ1) is 9.12. The van der Waals surface area contributed by atoms with Crippen molar-refractivity contribution in [2.24, 2.45) is 23.7 Å². The first-order valence-electron chi connectivity index (χ1n) is 5.10. The minimum atomic E-state index is 0.248. The monoisotopic (exact) mass is 238 g/mol. The highest BCUT2D eigenvalue weighted by Gasteiger charge is 2.56. The highest BCUT2D eigenvalue weighted by atomic mass is 35.5. The Balaban J connectivity index is 1.95. The molecular formula is C10H13Cl3. The van der Waals surface area contributed by atoms with Crippen molar-refractivity contribution in [3.05, 3.63) is 0 Å². The van der Waals surface area contributed by atoms with E-state index in [1.165, 1.54) is 19.3 Å². The van der Waals surface area contributed by atoms with Crippen molar-refractivity contribution in [3.8, 4) is 0 Å². The van der Waals surface area contributed by atoms with Gasteiger partial charge in [-0.25, -0.2) is 0 Å². The maximum atomic E-state index is 6.39. The molecule has 0 spiro atoms. The SMILES string of the molecule is ClC1C2CC3CC1C(Cl)C(C2)C3Cl. The molecule has 0 heterocycles. The topological polar surface area (TPSA) is 0 Å². The van der Waals surface area contributed by atoms with Crippen LogP contribution in [0.3, 0.4) is 0 Å². The van der Waals surface area contributed by atoms with Crippen molar-refractivity contribution in [1.29, 1.82) is 0 Å². The van der Waals surface area contributed by atoms with Gasteiger partial charge in [-0.05, 0) is 42.9 Å². The lowest BCUT2D eigenvalue weighted by atomic mass is 9.55. The van der Waals surface area contributed by atoms with E-state index in [1.807, 2.05) is 0 Å². The van der Waals surface area contributed by atoms with Gasteiger partial charge >= 0.3 is 0 Å². The Morgan fingerprint density at radius 3 is 1.54 bits per heavy atom. The van der Waals surface area contributed by atoms with E-state index in [1.54, 1.807) is 0 Å². The van der Waals surface area contributed by atoms with Gasteiger partial charge in [0.1, 0.15) is 0 Å². The maximum absolute atomic E-state index is 6.39. The minimum Gasteiger partial charge on any atom is -0.122 e. The summed E-state index contributed by atoms with van der Waals surface area (Å²) in [5.41, 5.74) is 0. The van der Waals surface area contributed by atoms with Crippen LogP contribution in [-0.2, 0) is 0 Å². The maximum Gasteiger partial charge on any atom is 0.0421 e. The fourth-order valence-corrected chi connectivity index (χ4v) is 5.29. The summed E-state index contributed by atoms with van der Waals surface area (Å²) < 4.78 is 0. The van der Waals surface area contributed by atoms with E-state index < -0.39 is 0 Å². The standard InChI is InChI=1S/C10H13Cl3/c11-8-4-1-5-3-7(8)10(13)6(2-4)9(5)12/h4-10H,1-3H2. The third-order valence-corrected chi connectivity index (χ3v) is 6.30. The lowest BCUT2D eigenvalue weighted by Crippen LogP contribution is -2.57. The van der Waals surface area contributed by atoms with Crippen LogP contribution in [0.15, 0.2) is 0 Å². The van der Waals surface area contributed by atoms with Crippen LogP contribution in [0.5, 0.6) is 0 Å². The van der Waals surface area contributed by atoms with E-state index in [0.29, 0.717) is 34.4 Å². The summed E-state index contributed by atoms with van der Waals surface area (Å²) in [6, 6.07) is 0. The van der Waals surface area contributed by atoms with Gasteiger partial charge in [0.05, 0.1) is 0 Å². The van der Waals surface area contributed by atoms with Crippen LogP contribution in [0, 0.1) is 23.7 Å². The molecule has 6 unspecified atom stereocenters. The van der Waals surface area contributed by atoms with Gasteiger partial charge in [0.25, 0.3) is 0 Å². The summed E-state index contributed by atoms with van der Waals surface area (Å²) in [5, 5.41) is 0.913. The molecule has 3 heteroatoms. The normalized spacial score (nSPS) is 64.4. The fourth-order valence-electron chi connectivity index (χ4n) is 3.69. The van der Waals surface area contributed by atoms with Crippen LogP contribution in [0.1, 0.15) is 19.3 Å². The lowest BCUT2D eigenvalue weighted by molar-refractivity contribution is 0.0334. The largest absolute Gasteiger partial charge is 0.122 e. The Kier molecular flexibility index (Phi) is 2.06. The van der Waals surface area contributed by atoms with Crippen molar-refractivity contribution in [2.75, 3.05) is 0 Å². The second kappa shape index (κ2) is 2.93. The van der Waals surface area contributed by atoms with Crippen LogP contribution in [0.2, 0.25) is 0 Å². The number of rotatable bonds is 0. The molecule has 0 nitrogen and oxygen atoms in total. The molecule has 0 aliphatic heterocycles. The van der Waals surface area contributed by atoms with E-state index in [4.69, 9.17) is 34.8 Å². The average Bonchev–Trinajstić information content (AvgIpc) is 2.10. The van der Waals surface area contributed by atoms with Gasteiger partial charge in [-0.3, -0.25) is 0 Å². The second-order valence-corrected chi connectivity index (χ2v) is 6.40. The van der Waals surface area contributed by atoms with Crippen LogP contribution >= 0.6 is 34.8 Å². The quantitative estimate of drug-likeness (QED) is 0.568. The van der Waals surface area contributed by atoms with Gasteiger partial charge in [0, 0.05) is 16.1 Å². The predicted octanol–water partition coefficient (Wildman–Crippen LogP) is 3.48. The summed E-state index contributed by atoms with van der Waals surface area (Å²) >= 11 is 19.2. The molecule has 6 atom stereocenters. The van der Waals surface area contributed by atoms with Gasteiger partial charge in [0.15, 0.2) is 0 Å². The first-order chi connectivity index (χ1) is 6.18. The van der Waals surface area contributed by atoms with Crippen molar-refractivity contribution in [3.63, 3.8) is 0 Å². The molecule has 0 aromatic carbocycles. The summed E-state index contributed by atoms with van der Waals surface area (Å²) in [7, 11) is 0. The van der Waals surface area contributed by atoms with Crippen molar-refractivity contribution < 1.29 is 0 Å². The molecule has 13 heavy (non-hydrogen) atoms. The Morgan fingerprint density at radius 1 is 0.615 bits per heavy atom. The zero-order valence-corrected chi connectivity index (χ0v) is 9.56. The molecule has 4 aliphatic carbocycles. The zero-order valence-electron chi connectivity index (χ0n) is 7.30. The Bertz CT molecular complexity index is 208. The lowest BCUT2D eigenvalue weighted by Gasteiger charge is -2.57. The zero-order chi connectivity index (χ0) is 9.16. The molecule has 4 aliphatic rings. The molecule has 0 aromatic rings. The van der Waals surface area contributed by atoms with Gasteiger partial charge in [-0.15, -0.1) is 34.8 Å². The summed E-state index contributed by atoms with van der Waals surface area (Å²) in [6.45, 7) is 0. The van der Waals surface area contributed by atoms with Crippen LogP contribution in [-0.4, -0.2) is 16.1 Å². The van der Waals surface area contributed by atoms with E-state index in [2.05, 4.69) is 0 Å². The van der Waals surface area contributed by atoms with Crippen LogP contribution in [0.4, 0.5) is 0 Å². The molecule has 0 saturated heterocycles. The Morgan fingerprint density at radius 2 is 1.08 bits per heavy atom. The van der Waals surface area contributed by atoms with Crippen molar-refractivity contribution in [2.45, 2.75) is 35.4 Å².